The van der Waals surface area contributed by atoms with E-state index >= 15 is 0 Å². The highest BCUT2D eigenvalue weighted by atomic mass is 19.1. The molecule has 3 rings (SSSR count). The van der Waals surface area contributed by atoms with Gasteiger partial charge in [0.15, 0.2) is 5.82 Å². The number of rotatable bonds is 3. The molecular weight excluding hydrogens is 271 g/mol. The second-order valence-electron chi connectivity index (χ2n) is 5.04. The number of nitrogens with one attached hydrogen (secondary N) is 1. The maximum Gasteiger partial charge on any atom is 0.228 e. The van der Waals surface area contributed by atoms with Gasteiger partial charge in [0.2, 0.25) is 5.95 Å². The van der Waals surface area contributed by atoms with Crippen molar-refractivity contribution in [3.05, 3.63) is 36.5 Å². The quantitative estimate of drug-likeness (QED) is 0.924. The van der Waals surface area contributed by atoms with Crippen LogP contribution in [0.15, 0.2) is 30.7 Å². The fourth-order valence-corrected chi connectivity index (χ4v) is 2.20. The molecule has 0 atom stereocenters. The van der Waals surface area contributed by atoms with Gasteiger partial charge in [-0.05, 0) is 19.2 Å². The van der Waals surface area contributed by atoms with E-state index in [9.17, 15) is 4.39 Å². The largest absolute Gasteiger partial charge is 0.368 e. The van der Waals surface area contributed by atoms with Gasteiger partial charge in [0, 0.05) is 26.2 Å². The molecule has 2 aromatic heterocycles. The van der Waals surface area contributed by atoms with Crippen LogP contribution in [0.2, 0.25) is 0 Å². The maximum atomic E-state index is 12.7. The molecule has 0 spiro atoms. The Morgan fingerprint density at radius 2 is 1.71 bits per heavy atom. The number of pyridine rings is 1. The molecule has 21 heavy (non-hydrogen) atoms. The molecule has 1 fully saturated rings. The summed E-state index contributed by atoms with van der Waals surface area (Å²) in [6.07, 6.45) is 4.07. The first-order chi connectivity index (χ1) is 10.2. The Bertz CT molecular complexity index is 577. The minimum atomic E-state index is -0.459. The number of anilines is 3. The smallest absolute Gasteiger partial charge is 0.228 e. The van der Waals surface area contributed by atoms with Gasteiger partial charge >= 0.3 is 0 Å². The van der Waals surface area contributed by atoms with Gasteiger partial charge in [-0.1, -0.05) is 0 Å². The topological polar surface area (TPSA) is 57.2 Å². The van der Waals surface area contributed by atoms with E-state index in [2.05, 4.69) is 37.1 Å². The zero-order chi connectivity index (χ0) is 14.7. The molecule has 6 nitrogen and oxygen atoms in total. The minimum absolute atomic E-state index is 0.330. The first-order valence-corrected chi connectivity index (χ1v) is 6.85. The van der Waals surface area contributed by atoms with Gasteiger partial charge in [0.1, 0.15) is 5.82 Å². The van der Waals surface area contributed by atoms with Crippen LogP contribution in [0, 0.1) is 5.82 Å². The Labute approximate surface area is 122 Å². The Morgan fingerprint density at radius 3 is 2.33 bits per heavy atom. The van der Waals surface area contributed by atoms with Crippen molar-refractivity contribution in [2.75, 3.05) is 43.4 Å². The fraction of sp³-hybridized carbons (Fsp3) is 0.357. The third-order valence-corrected chi connectivity index (χ3v) is 3.48. The van der Waals surface area contributed by atoms with Crippen molar-refractivity contribution in [2.24, 2.45) is 0 Å². The summed E-state index contributed by atoms with van der Waals surface area (Å²) in [5.74, 6) is 0.509. The lowest BCUT2D eigenvalue weighted by Crippen LogP contribution is -2.44. The highest BCUT2D eigenvalue weighted by Gasteiger charge is 2.14. The van der Waals surface area contributed by atoms with Crippen LogP contribution in [0.5, 0.6) is 0 Å². The van der Waals surface area contributed by atoms with Crippen molar-refractivity contribution in [1.29, 1.82) is 0 Å². The second kappa shape index (κ2) is 6.01. The van der Waals surface area contributed by atoms with Gasteiger partial charge in [0.25, 0.3) is 0 Å². The van der Waals surface area contributed by atoms with Gasteiger partial charge in [-0.15, -0.1) is 0 Å². The summed E-state index contributed by atoms with van der Waals surface area (Å²) in [4.78, 5) is 16.7. The molecule has 0 radical (unpaired) electrons. The average molecular weight is 288 g/mol. The molecule has 3 heterocycles. The van der Waals surface area contributed by atoms with Crippen LogP contribution in [-0.4, -0.2) is 53.1 Å². The van der Waals surface area contributed by atoms with Crippen LogP contribution in [0.25, 0.3) is 0 Å². The Balaban J connectivity index is 1.65. The molecule has 0 amide bonds. The van der Waals surface area contributed by atoms with E-state index in [1.165, 1.54) is 0 Å². The standard InChI is InChI=1S/C14H17FN6/c1-20-4-6-21(7-5-20)12-2-3-13(16-10-12)19-14-17-8-11(15)9-18-14/h2-3,8-10H,4-7H2,1H3,(H,16,17,18,19). The second-order valence-corrected chi connectivity index (χ2v) is 5.04. The van der Waals surface area contributed by atoms with E-state index in [4.69, 9.17) is 0 Å². The summed E-state index contributed by atoms with van der Waals surface area (Å²) >= 11 is 0. The van der Waals surface area contributed by atoms with E-state index in [-0.39, 0.29) is 0 Å². The summed E-state index contributed by atoms with van der Waals surface area (Å²) in [5, 5.41) is 2.94. The third-order valence-electron chi connectivity index (χ3n) is 3.48. The van der Waals surface area contributed by atoms with Gasteiger partial charge in [-0.3, -0.25) is 0 Å². The average Bonchev–Trinajstić information content (AvgIpc) is 2.51. The van der Waals surface area contributed by atoms with Crippen molar-refractivity contribution < 1.29 is 4.39 Å². The zero-order valence-corrected chi connectivity index (χ0v) is 11.8. The minimum Gasteiger partial charge on any atom is -0.368 e. The zero-order valence-electron chi connectivity index (χ0n) is 11.8. The lowest BCUT2D eigenvalue weighted by atomic mass is 10.3. The highest BCUT2D eigenvalue weighted by Crippen LogP contribution is 2.18. The molecule has 1 aliphatic heterocycles. The van der Waals surface area contributed by atoms with Gasteiger partial charge in [-0.2, -0.15) is 0 Å². The van der Waals surface area contributed by atoms with E-state index < -0.39 is 5.82 Å². The molecule has 0 bridgehead atoms. The summed E-state index contributed by atoms with van der Waals surface area (Å²) in [5.41, 5.74) is 1.11. The van der Waals surface area contributed by atoms with Gasteiger partial charge in [0.05, 0.1) is 24.3 Å². The molecule has 110 valence electrons. The molecule has 1 saturated heterocycles. The number of likely N-dealkylation sites (N-methyl/N-ethyl adjacent to an activating group) is 1. The summed E-state index contributed by atoms with van der Waals surface area (Å²) in [6.45, 7) is 4.13. The van der Waals surface area contributed by atoms with Crippen LogP contribution >= 0.6 is 0 Å². The number of hydrogen-bond acceptors (Lipinski definition) is 6. The van der Waals surface area contributed by atoms with Crippen LogP contribution in [0.4, 0.5) is 21.8 Å². The van der Waals surface area contributed by atoms with Crippen molar-refractivity contribution in [2.45, 2.75) is 0 Å². The van der Waals surface area contributed by atoms with Crippen LogP contribution in [0.1, 0.15) is 0 Å². The van der Waals surface area contributed by atoms with Crippen molar-refractivity contribution in [1.82, 2.24) is 19.9 Å². The number of nitrogens with zero attached hydrogens (tertiary/aromatic N) is 5. The van der Waals surface area contributed by atoms with Crippen molar-refractivity contribution in [3.8, 4) is 0 Å². The lowest BCUT2D eigenvalue weighted by Gasteiger charge is -2.33. The first-order valence-electron chi connectivity index (χ1n) is 6.85. The molecule has 0 unspecified atom stereocenters. The fourth-order valence-electron chi connectivity index (χ4n) is 2.20. The van der Waals surface area contributed by atoms with Crippen molar-refractivity contribution in [3.63, 3.8) is 0 Å². The normalized spacial score (nSPS) is 16.0. The Morgan fingerprint density at radius 1 is 1.00 bits per heavy atom. The molecule has 0 aliphatic carbocycles. The first kappa shape index (κ1) is 13.7. The summed E-state index contributed by atoms with van der Waals surface area (Å²) in [7, 11) is 2.13. The highest BCUT2D eigenvalue weighted by molar-refractivity contribution is 5.53. The van der Waals surface area contributed by atoms with E-state index in [0.29, 0.717) is 11.8 Å². The van der Waals surface area contributed by atoms with E-state index in [1.807, 2.05) is 18.3 Å². The molecule has 7 heteroatoms. The number of hydrogen-bond donors (Lipinski definition) is 1. The van der Waals surface area contributed by atoms with Crippen LogP contribution in [-0.2, 0) is 0 Å². The SMILES string of the molecule is CN1CCN(c2ccc(Nc3ncc(F)cn3)nc2)CC1. The Hall–Kier alpha value is -2.28. The predicted molar refractivity (Wildman–Crippen MR) is 79.2 cm³/mol. The number of aromatic nitrogens is 3. The summed E-state index contributed by atoms with van der Waals surface area (Å²) in [6, 6.07) is 3.89. The lowest BCUT2D eigenvalue weighted by molar-refractivity contribution is 0.313. The van der Waals surface area contributed by atoms with Gasteiger partial charge < -0.3 is 15.1 Å². The van der Waals surface area contributed by atoms with E-state index in [1.54, 1.807) is 0 Å². The molecular formula is C14H17FN6. The van der Waals surface area contributed by atoms with E-state index in [0.717, 1.165) is 44.3 Å². The molecule has 1 N–H and O–H groups in total. The molecule has 0 aromatic carbocycles. The van der Waals surface area contributed by atoms with Crippen LogP contribution < -0.4 is 10.2 Å². The molecule has 1 aliphatic rings. The maximum absolute atomic E-state index is 12.7. The van der Waals surface area contributed by atoms with Crippen LogP contribution in [0.3, 0.4) is 0 Å². The third kappa shape index (κ3) is 3.43. The number of piperazine rings is 1. The summed E-state index contributed by atoms with van der Waals surface area (Å²) < 4.78 is 12.7. The Kier molecular flexibility index (Phi) is 3.92. The monoisotopic (exact) mass is 288 g/mol. The predicted octanol–water partition coefficient (Wildman–Crippen LogP) is 1.51. The van der Waals surface area contributed by atoms with Crippen molar-refractivity contribution >= 4 is 17.5 Å². The van der Waals surface area contributed by atoms with Gasteiger partial charge in [-0.25, -0.2) is 19.3 Å². The molecule has 0 saturated carbocycles. The number of halogens is 1. The molecule has 2 aromatic rings.